The van der Waals surface area contributed by atoms with Crippen LogP contribution in [0.4, 0.5) is 13.2 Å². The smallest absolute Gasteiger partial charge is 0.171 e. The summed E-state index contributed by atoms with van der Waals surface area (Å²) in [7, 11) is 2.74. The van der Waals surface area contributed by atoms with Crippen LogP contribution in [0.1, 0.15) is 13.3 Å². The summed E-state index contributed by atoms with van der Waals surface area (Å²) in [6, 6.07) is 0. The molecule has 0 atom stereocenters. The van der Waals surface area contributed by atoms with Gasteiger partial charge in [-0.2, -0.15) is 13.2 Å². The molecule has 0 N–H and O–H groups in total. The number of rotatable bonds is 4. The Labute approximate surface area is 66.3 Å². The molecule has 0 rings (SSSR count). The van der Waals surface area contributed by atoms with Crippen LogP contribution >= 0.6 is 21.6 Å². The van der Waals surface area contributed by atoms with Gasteiger partial charge in [0.15, 0.2) is 0 Å². The van der Waals surface area contributed by atoms with Crippen molar-refractivity contribution in [3.63, 3.8) is 0 Å². The van der Waals surface area contributed by atoms with Crippen LogP contribution in [0.25, 0.3) is 0 Å². The molecule has 62 valence electrons. The van der Waals surface area contributed by atoms with E-state index in [1.165, 1.54) is 21.6 Å². The van der Waals surface area contributed by atoms with Crippen LogP contribution in [0.15, 0.2) is 0 Å². The first-order valence-corrected chi connectivity index (χ1v) is 5.36. The topological polar surface area (TPSA) is 0 Å². The molecule has 10 heavy (non-hydrogen) atoms. The molecule has 0 nitrogen and oxygen atoms in total. The zero-order valence-corrected chi connectivity index (χ0v) is 7.20. The third-order valence-corrected chi connectivity index (χ3v) is 3.15. The van der Waals surface area contributed by atoms with Gasteiger partial charge in [0.1, 0.15) is 0 Å². The van der Waals surface area contributed by atoms with Crippen molar-refractivity contribution in [3.8, 4) is 0 Å². The monoisotopic (exact) mass is 190 g/mol. The Kier molecular flexibility index (Phi) is 5.44. The molecule has 0 fully saturated rings. The van der Waals surface area contributed by atoms with Gasteiger partial charge in [0.2, 0.25) is 0 Å². The number of hydrogen-bond acceptors (Lipinski definition) is 2. The fourth-order valence-electron chi connectivity index (χ4n) is 0.300. The molecule has 0 unspecified atom stereocenters. The Morgan fingerprint density at radius 3 is 2.20 bits per heavy atom. The summed E-state index contributed by atoms with van der Waals surface area (Å²) >= 11 is 0. The summed E-state index contributed by atoms with van der Waals surface area (Å²) in [6.45, 7) is 1.92. The second-order valence-corrected chi connectivity index (χ2v) is 4.46. The Morgan fingerprint density at radius 1 is 1.20 bits per heavy atom. The minimum absolute atomic E-state index is 0.169. The van der Waals surface area contributed by atoms with E-state index in [0.717, 1.165) is 5.75 Å². The molecule has 0 aliphatic rings. The summed E-state index contributed by atoms with van der Waals surface area (Å²) in [5.74, 6) is 1.03. The number of alkyl halides is 3. The third-order valence-electron chi connectivity index (χ3n) is 0.670. The van der Waals surface area contributed by atoms with Crippen molar-refractivity contribution in [3.05, 3.63) is 0 Å². The van der Waals surface area contributed by atoms with Crippen LogP contribution in [-0.4, -0.2) is 17.7 Å². The quantitative estimate of drug-likeness (QED) is 0.492. The SMILES string of the molecule is CCSSCCC(F)(F)F. The highest BCUT2D eigenvalue weighted by Gasteiger charge is 2.25. The highest BCUT2D eigenvalue weighted by molar-refractivity contribution is 8.76. The third kappa shape index (κ3) is 8.49. The molecular weight excluding hydrogens is 181 g/mol. The van der Waals surface area contributed by atoms with Gasteiger partial charge in [-0.1, -0.05) is 28.5 Å². The first-order valence-electron chi connectivity index (χ1n) is 2.87. The van der Waals surface area contributed by atoms with Crippen LogP contribution in [-0.2, 0) is 0 Å². The zero-order chi connectivity index (χ0) is 8.04. The summed E-state index contributed by atoms with van der Waals surface area (Å²) < 4.78 is 34.4. The molecule has 0 heterocycles. The van der Waals surface area contributed by atoms with Gasteiger partial charge in [-0.05, 0) is 0 Å². The minimum Gasteiger partial charge on any atom is -0.171 e. The lowest BCUT2D eigenvalue weighted by Crippen LogP contribution is -2.07. The Morgan fingerprint density at radius 2 is 1.80 bits per heavy atom. The maximum absolute atomic E-state index is 11.5. The van der Waals surface area contributed by atoms with E-state index in [1.54, 1.807) is 0 Å². The van der Waals surface area contributed by atoms with E-state index in [0.29, 0.717) is 0 Å². The molecule has 0 saturated carbocycles. The van der Waals surface area contributed by atoms with E-state index < -0.39 is 12.6 Å². The average molecular weight is 190 g/mol. The molecule has 0 amide bonds. The van der Waals surface area contributed by atoms with Gasteiger partial charge < -0.3 is 0 Å². The molecule has 0 aliphatic heterocycles. The molecule has 0 aromatic carbocycles. The van der Waals surface area contributed by atoms with Crippen LogP contribution in [0.2, 0.25) is 0 Å². The van der Waals surface area contributed by atoms with Crippen LogP contribution in [0.3, 0.4) is 0 Å². The van der Waals surface area contributed by atoms with Crippen molar-refractivity contribution < 1.29 is 13.2 Å². The van der Waals surface area contributed by atoms with Gasteiger partial charge >= 0.3 is 6.18 Å². The van der Waals surface area contributed by atoms with E-state index in [4.69, 9.17) is 0 Å². The largest absolute Gasteiger partial charge is 0.389 e. The van der Waals surface area contributed by atoms with E-state index >= 15 is 0 Å². The lowest BCUT2D eigenvalue weighted by molar-refractivity contribution is -0.129. The second-order valence-electron chi connectivity index (χ2n) is 1.59. The molecular formula is C5H9F3S2. The van der Waals surface area contributed by atoms with Gasteiger partial charge in [0.25, 0.3) is 0 Å². The van der Waals surface area contributed by atoms with Crippen LogP contribution < -0.4 is 0 Å². The maximum Gasteiger partial charge on any atom is 0.389 e. The lowest BCUT2D eigenvalue weighted by Gasteiger charge is -2.03. The summed E-state index contributed by atoms with van der Waals surface area (Å²) in [6.07, 6.45) is -4.66. The van der Waals surface area contributed by atoms with E-state index in [-0.39, 0.29) is 5.75 Å². The van der Waals surface area contributed by atoms with Crippen molar-refractivity contribution in [2.24, 2.45) is 0 Å². The maximum atomic E-state index is 11.5. The van der Waals surface area contributed by atoms with Crippen LogP contribution in [0, 0.1) is 0 Å². The Bertz CT molecular complexity index is 81.5. The minimum atomic E-state index is -3.98. The van der Waals surface area contributed by atoms with Gasteiger partial charge in [-0.25, -0.2) is 0 Å². The van der Waals surface area contributed by atoms with Crippen molar-refractivity contribution in [2.45, 2.75) is 19.5 Å². The zero-order valence-electron chi connectivity index (χ0n) is 5.57. The summed E-state index contributed by atoms with van der Waals surface area (Å²) in [5, 5.41) is 0. The van der Waals surface area contributed by atoms with E-state index in [2.05, 4.69) is 0 Å². The van der Waals surface area contributed by atoms with Crippen molar-refractivity contribution in [1.29, 1.82) is 0 Å². The second kappa shape index (κ2) is 5.18. The lowest BCUT2D eigenvalue weighted by atomic mass is 10.5. The highest BCUT2D eigenvalue weighted by Crippen LogP contribution is 2.27. The molecule has 0 aliphatic carbocycles. The van der Waals surface area contributed by atoms with Gasteiger partial charge in [-0.3, -0.25) is 0 Å². The van der Waals surface area contributed by atoms with Gasteiger partial charge in [0.05, 0.1) is 6.42 Å². The molecule has 5 heteroatoms. The number of hydrogen-bond donors (Lipinski definition) is 0. The summed E-state index contributed by atoms with van der Waals surface area (Å²) in [4.78, 5) is 0. The fraction of sp³-hybridized carbons (Fsp3) is 1.00. The van der Waals surface area contributed by atoms with Gasteiger partial charge in [-0.15, -0.1) is 0 Å². The van der Waals surface area contributed by atoms with Crippen molar-refractivity contribution >= 4 is 21.6 Å². The van der Waals surface area contributed by atoms with Crippen molar-refractivity contribution in [1.82, 2.24) is 0 Å². The van der Waals surface area contributed by atoms with Crippen LogP contribution in [0.5, 0.6) is 0 Å². The number of halogens is 3. The predicted molar refractivity (Wildman–Crippen MR) is 41.3 cm³/mol. The first-order chi connectivity index (χ1) is 4.56. The Hall–Kier alpha value is 0.490. The van der Waals surface area contributed by atoms with E-state index in [1.807, 2.05) is 6.92 Å². The first kappa shape index (κ1) is 10.5. The molecule has 0 aromatic rings. The molecule has 0 saturated heterocycles. The molecule has 0 spiro atoms. The predicted octanol–water partition coefficient (Wildman–Crippen LogP) is 3.34. The van der Waals surface area contributed by atoms with E-state index in [9.17, 15) is 13.2 Å². The fourth-order valence-corrected chi connectivity index (χ4v) is 2.00. The Balaban J connectivity index is 3.04. The highest BCUT2D eigenvalue weighted by atomic mass is 33.1. The van der Waals surface area contributed by atoms with Crippen molar-refractivity contribution in [2.75, 3.05) is 11.5 Å². The summed E-state index contributed by atoms with van der Waals surface area (Å²) in [5.41, 5.74) is 0. The normalized spacial score (nSPS) is 12.0. The standard InChI is InChI=1S/C5H9F3S2/c1-2-9-10-4-3-5(6,7)8/h2-4H2,1H3. The van der Waals surface area contributed by atoms with Gasteiger partial charge in [0, 0.05) is 11.5 Å². The molecule has 0 aromatic heterocycles. The molecule has 0 bridgehead atoms. The molecule has 0 radical (unpaired) electrons. The average Bonchev–Trinajstić information content (AvgIpc) is 1.78.